The third kappa shape index (κ3) is 2.68. The Kier molecular flexibility index (Phi) is 3.71. The molecule has 7 heteroatoms. The van der Waals surface area contributed by atoms with Crippen LogP contribution in [0.2, 0.25) is 5.02 Å². The highest BCUT2D eigenvalue weighted by molar-refractivity contribution is 6.31. The SMILES string of the molecule is Cn1nc(NCc2ccccc2Cl)c(=O)n(C)c1=O. The molecule has 100 valence electrons. The molecule has 0 radical (unpaired) electrons. The maximum atomic E-state index is 11.8. The molecule has 0 aliphatic carbocycles. The summed E-state index contributed by atoms with van der Waals surface area (Å²) in [5, 5.41) is 7.39. The molecule has 1 aromatic heterocycles. The highest BCUT2D eigenvalue weighted by atomic mass is 35.5. The summed E-state index contributed by atoms with van der Waals surface area (Å²) >= 11 is 6.02. The Balaban J connectivity index is 2.29. The van der Waals surface area contributed by atoms with Gasteiger partial charge in [0.2, 0.25) is 5.82 Å². The van der Waals surface area contributed by atoms with E-state index in [1.165, 1.54) is 14.1 Å². The third-order valence-electron chi connectivity index (χ3n) is 2.73. The maximum absolute atomic E-state index is 11.8. The van der Waals surface area contributed by atoms with Crippen molar-refractivity contribution in [3.63, 3.8) is 0 Å². The largest absolute Gasteiger partial charge is 0.360 e. The molecule has 6 nitrogen and oxygen atoms in total. The topological polar surface area (TPSA) is 68.9 Å². The first-order valence-corrected chi connectivity index (χ1v) is 6.00. The fourth-order valence-corrected chi connectivity index (χ4v) is 1.83. The van der Waals surface area contributed by atoms with E-state index in [4.69, 9.17) is 11.6 Å². The van der Waals surface area contributed by atoms with Gasteiger partial charge >= 0.3 is 5.69 Å². The molecule has 0 spiro atoms. The van der Waals surface area contributed by atoms with Gasteiger partial charge in [-0.15, -0.1) is 5.10 Å². The Hall–Kier alpha value is -2.08. The molecule has 0 amide bonds. The number of hydrogen-bond donors (Lipinski definition) is 1. The van der Waals surface area contributed by atoms with Gasteiger partial charge in [-0.05, 0) is 11.6 Å². The molecule has 2 aromatic rings. The lowest BCUT2D eigenvalue weighted by molar-refractivity contribution is 0.604. The van der Waals surface area contributed by atoms with Gasteiger partial charge in [0.15, 0.2) is 0 Å². The third-order valence-corrected chi connectivity index (χ3v) is 3.09. The zero-order chi connectivity index (χ0) is 14.0. The first kappa shape index (κ1) is 13.4. The molecule has 0 aliphatic heterocycles. The summed E-state index contributed by atoms with van der Waals surface area (Å²) in [4.78, 5) is 23.3. The highest BCUT2D eigenvalue weighted by Crippen LogP contribution is 2.15. The Labute approximate surface area is 114 Å². The standard InChI is InChI=1S/C12H13ClN4O2/c1-16-11(18)10(15-17(2)12(16)19)14-7-8-5-3-4-6-9(8)13/h3-6H,7H2,1-2H3,(H,14,15). The number of anilines is 1. The van der Waals surface area contributed by atoms with E-state index in [-0.39, 0.29) is 5.82 Å². The molecule has 0 fully saturated rings. The second-order valence-corrected chi connectivity index (χ2v) is 4.47. The van der Waals surface area contributed by atoms with Gasteiger partial charge in [-0.25, -0.2) is 9.48 Å². The number of aryl methyl sites for hydroxylation is 1. The molecule has 0 aliphatic rings. The minimum absolute atomic E-state index is 0.115. The van der Waals surface area contributed by atoms with Crippen molar-refractivity contribution in [2.45, 2.75) is 6.54 Å². The van der Waals surface area contributed by atoms with Gasteiger partial charge in [0, 0.05) is 25.7 Å². The summed E-state index contributed by atoms with van der Waals surface area (Å²) in [5.74, 6) is 0.115. The summed E-state index contributed by atoms with van der Waals surface area (Å²) in [5.41, 5.74) is -0.0784. The molecule has 19 heavy (non-hydrogen) atoms. The molecule has 1 N–H and O–H groups in total. The Morgan fingerprint density at radius 3 is 2.63 bits per heavy atom. The number of nitrogens with zero attached hydrogens (tertiary/aromatic N) is 3. The van der Waals surface area contributed by atoms with E-state index < -0.39 is 11.2 Å². The molecule has 0 atom stereocenters. The summed E-state index contributed by atoms with van der Waals surface area (Å²) in [6.07, 6.45) is 0. The fraction of sp³-hybridized carbons (Fsp3) is 0.250. The van der Waals surface area contributed by atoms with Gasteiger partial charge in [-0.2, -0.15) is 0 Å². The van der Waals surface area contributed by atoms with E-state index >= 15 is 0 Å². The van der Waals surface area contributed by atoms with Gasteiger partial charge in [0.25, 0.3) is 5.56 Å². The number of nitrogens with one attached hydrogen (secondary N) is 1. The Morgan fingerprint density at radius 2 is 1.95 bits per heavy atom. The van der Waals surface area contributed by atoms with Crippen molar-refractivity contribution in [3.8, 4) is 0 Å². The summed E-state index contributed by atoms with van der Waals surface area (Å²) in [7, 11) is 2.90. The van der Waals surface area contributed by atoms with Gasteiger partial charge in [0.05, 0.1) is 0 Å². The zero-order valence-electron chi connectivity index (χ0n) is 10.6. The van der Waals surface area contributed by atoms with Crippen LogP contribution in [0.4, 0.5) is 5.82 Å². The van der Waals surface area contributed by atoms with Crippen LogP contribution in [0.25, 0.3) is 0 Å². The van der Waals surface area contributed by atoms with E-state index in [2.05, 4.69) is 10.4 Å². The van der Waals surface area contributed by atoms with Crippen LogP contribution in [0.15, 0.2) is 33.9 Å². The van der Waals surface area contributed by atoms with Crippen LogP contribution in [0.1, 0.15) is 5.56 Å². The average Bonchev–Trinajstić information content (AvgIpc) is 2.40. The molecule has 0 unspecified atom stereocenters. The lowest BCUT2D eigenvalue weighted by Crippen LogP contribution is -2.39. The molecule has 2 rings (SSSR count). The molecule has 1 heterocycles. The van der Waals surface area contributed by atoms with Gasteiger partial charge in [-0.3, -0.25) is 9.36 Å². The predicted octanol–water partition coefficient (Wildman–Crippen LogP) is 0.744. The van der Waals surface area contributed by atoms with Crippen molar-refractivity contribution >= 4 is 17.4 Å². The molecular formula is C12H13ClN4O2. The summed E-state index contributed by atoms with van der Waals surface area (Å²) in [6, 6.07) is 7.30. The maximum Gasteiger partial charge on any atom is 0.346 e. The molecule has 0 bridgehead atoms. The van der Waals surface area contributed by atoms with Crippen LogP contribution in [-0.2, 0) is 20.6 Å². The number of benzene rings is 1. The smallest absolute Gasteiger partial charge is 0.346 e. The van der Waals surface area contributed by atoms with E-state index in [0.29, 0.717) is 11.6 Å². The molecule has 0 saturated carbocycles. The highest BCUT2D eigenvalue weighted by Gasteiger charge is 2.08. The number of rotatable bonds is 3. The molecule has 0 saturated heterocycles. The summed E-state index contributed by atoms with van der Waals surface area (Å²) in [6.45, 7) is 0.361. The van der Waals surface area contributed by atoms with Crippen LogP contribution in [0.5, 0.6) is 0 Å². The minimum Gasteiger partial charge on any atom is -0.360 e. The molecule has 1 aromatic carbocycles. The fourth-order valence-electron chi connectivity index (χ4n) is 1.63. The van der Waals surface area contributed by atoms with Crippen LogP contribution >= 0.6 is 11.6 Å². The van der Waals surface area contributed by atoms with Gasteiger partial charge in [-0.1, -0.05) is 29.8 Å². The quantitative estimate of drug-likeness (QED) is 0.901. The van der Waals surface area contributed by atoms with E-state index in [1.54, 1.807) is 6.07 Å². The van der Waals surface area contributed by atoms with Crippen LogP contribution in [0.3, 0.4) is 0 Å². The number of aromatic nitrogens is 3. The predicted molar refractivity (Wildman–Crippen MR) is 73.5 cm³/mol. The van der Waals surface area contributed by atoms with Crippen molar-refractivity contribution in [1.29, 1.82) is 0 Å². The van der Waals surface area contributed by atoms with Crippen LogP contribution in [-0.4, -0.2) is 14.3 Å². The van der Waals surface area contributed by atoms with Crippen molar-refractivity contribution in [2.75, 3.05) is 5.32 Å². The second-order valence-electron chi connectivity index (χ2n) is 4.06. The van der Waals surface area contributed by atoms with E-state index in [0.717, 1.165) is 14.8 Å². The van der Waals surface area contributed by atoms with Crippen molar-refractivity contribution in [1.82, 2.24) is 14.3 Å². The van der Waals surface area contributed by atoms with Crippen LogP contribution < -0.4 is 16.6 Å². The summed E-state index contributed by atoms with van der Waals surface area (Å²) < 4.78 is 2.11. The normalized spacial score (nSPS) is 10.5. The lowest BCUT2D eigenvalue weighted by atomic mass is 10.2. The van der Waals surface area contributed by atoms with Gasteiger partial charge < -0.3 is 5.32 Å². The number of halogens is 1. The monoisotopic (exact) mass is 280 g/mol. The number of hydrogen-bond acceptors (Lipinski definition) is 4. The first-order chi connectivity index (χ1) is 9.00. The van der Waals surface area contributed by atoms with Crippen molar-refractivity contribution < 1.29 is 0 Å². The lowest BCUT2D eigenvalue weighted by Gasteiger charge is -2.08. The first-order valence-electron chi connectivity index (χ1n) is 5.62. The van der Waals surface area contributed by atoms with Crippen LogP contribution in [0, 0.1) is 0 Å². The van der Waals surface area contributed by atoms with E-state index in [9.17, 15) is 9.59 Å². The van der Waals surface area contributed by atoms with Crippen molar-refractivity contribution in [2.24, 2.45) is 14.1 Å². The zero-order valence-corrected chi connectivity index (χ0v) is 11.3. The van der Waals surface area contributed by atoms with Gasteiger partial charge in [0.1, 0.15) is 0 Å². The molecular weight excluding hydrogens is 268 g/mol. The second kappa shape index (κ2) is 5.27. The van der Waals surface area contributed by atoms with E-state index in [1.807, 2.05) is 18.2 Å². The Bertz CT molecular complexity index is 720. The van der Waals surface area contributed by atoms with Crippen molar-refractivity contribution in [3.05, 3.63) is 55.7 Å². The minimum atomic E-state index is -0.465. The average molecular weight is 281 g/mol. The Morgan fingerprint density at radius 1 is 1.26 bits per heavy atom.